The van der Waals surface area contributed by atoms with Crippen LogP contribution >= 0.6 is 0 Å². The molecule has 2 rings (SSSR count). The molecule has 1 aliphatic heterocycles. The van der Waals surface area contributed by atoms with Crippen LogP contribution in [-0.4, -0.2) is 34.9 Å². The average molecular weight is 263 g/mol. The lowest BCUT2D eigenvalue weighted by Gasteiger charge is -2.30. The number of nitro benzene ring substituents is 1. The Labute approximate surface area is 111 Å². The maximum absolute atomic E-state index is 12.3. The highest BCUT2D eigenvalue weighted by Gasteiger charge is 2.23. The van der Waals surface area contributed by atoms with Crippen LogP contribution in [0.25, 0.3) is 0 Å². The first kappa shape index (κ1) is 13.5. The van der Waals surface area contributed by atoms with Crippen LogP contribution in [0.2, 0.25) is 0 Å². The minimum atomic E-state index is -0.460. The predicted octanol–water partition coefficient (Wildman–Crippen LogP) is 1.47. The fourth-order valence-corrected chi connectivity index (χ4v) is 2.22. The van der Waals surface area contributed by atoms with Crippen LogP contribution in [0.5, 0.6) is 0 Å². The molecule has 1 aromatic rings. The number of nitro groups is 1. The minimum Gasteiger partial charge on any atom is -0.339 e. The Bertz CT molecular complexity index is 508. The van der Waals surface area contributed by atoms with Gasteiger partial charge in [0.1, 0.15) is 0 Å². The van der Waals surface area contributed by atoms with Crippen LogP contribution in [0.15, 0.2) is 18.2 Å². The van der Waals surface area contributed by atoms with E-state index in [1.165, 1.54) is 6.07 Å². The molecule has 2 N–H and O–H groups in total. The number of hydrogen-bond acceptors (Lipinski definition) is 4. The van der Waals surface area contributed by atoms with Gasteiger partial charge in [-0.1, -0.05) is 6.07 Å². The molecule has 0 aliphatic carbocycles. The number of likely N-dealkylation sites (tertiary alicyclic amines) is 1. The number of carbonyl (C=O) groups excluding carboxylic acids is 1. The molecule has 6 heteroatoms. The summed E-state index contributed by atoms with van der Waals surface area (Å²) in [6.07, 6.45) is 1.55. The van der Waals surface area contributed by atoms with Gasteiger partial charge in [0.05, 0.1) is 4.92 Å². The molecular weight excluding hydrogens is 246 g/mol. The van der Waals surface area contributed by atoms with Crippen LogP contribution < -0.4 is 5.73 Å². The largest absolute Gasteiger partial charge is 0.339 e. The van der Waals surface area contributed by atoms with Crippen LogP contribution in [0.1, 0.15) is 28.8 Å². The van der Waals surface area contributed by atoms with Gasteiger partial charge in [0.15, 0.2) is 0 Å². The summed E-state index contributed by atoms with van der Waals surface area (Å²) in [5.41, 5.74) is 6.70. The number of carbonyl (C=O) groups is 1. The molecule has 102 valence electrons. The van der Waals surface area contributed by atoms with Crippen molar-refractivity contribution in [2.45, 2.75) is 25.8 Å². The number of benzene rings is 1. The second-order valence-corrected chi connectivity index (χ2v) is 4.89. The van der Waals surface area contributed by atoms with Crippen molar-refractivity contribution in [2.75, 3.05) is 13.1 Å². The van der Waals surface area contributed by atoms with Gasteiger partial charge in [-0.25, -0.2) is 0 Å². The maximum atomic E-state index is 12.3. The zero-order valence-corrected chi connectivity index (χ0v) is 10.8. The highest BCUT2D eigenvalue weighted by molar-refractivity contribution is 5.95. The van der Waals surface area contributed by atoms with Gasteiger partial charge < -0.3 is 10.6 Å². The summed E-state index contributed by atoms with van der Waals surface area (Å²) in [4.78, 5) is 24.4. The number of nitrogens with zero attached hydrogens (tertiary/aromatic N) is 2. The summed E-state index contributed by atoms with van der Waals surface area (Å²) < 4.78 is 0. The SMILES string of the molecule is Cc1ccc(C(=O)N2CCC(N)CC2)cc1[N+](=O)[O-]. The van der Waals surface area contributed by atoms with Gasteiger partial charge in [0.2, 0.25) is 0 Å². The molecule has 1 fully saturated rings. The molecule has 1 heterocycles. The van der Waals surface area contributed by atoms with Gasteiger partial charge in [0, 0.05) is 36.3 Å². The zero-order chi connectivity index (χ0) is 14.0. The van der Waals surface area contributed by atoms with E-state index in [0.29, 0.717) is 24.2 Å². The standard InChI is InChI=1S/C13H17N3O3/c1-9-2-3-10(8-12(9)16(18)19)13(17)15-6-4-11(14)5-7-15/h2-3,8,11H,4-7,14H2,1H3. The van der Waals surface area contributed by atoms with Crippen LogP contribution in [0.4, 0.5) is 5.69 Å². The molecule has 19 heavy (non-hydrogen) atoms. The fourth-order valence-electron chi connectivity index (χ4n) is 2.22. The first-order valence-corrected chi connectivity index (χ1v) is 6.29. The smallest absolute Gasteiger partial charge is 0.273 e. The fraction of sp³-hybridized carbons (Fsp3) is 0.462. The number of nitrogens with two attached hydrogens (primary N) is 1. The van der Waals surface area contributed by atoms with Gasteiger partial charge in [-0.3, -0.25) is 14.9 Å². The summed E-state index contributed by atoms with van der Waals surface area (Å²) in [6.45, 7) is 2.88. The first-order chi connectivity index (χ1) is 8.99. The van der Waals surface area contributed by atoms with E-state index in [4.69, 9.17) is 5.73 Å². The highest BCUT2D eigenvalue weighted by Crippen LogP contribution is 2.21. The second-order valence-electron chi connectivity index (χ2n) is 4.89. The molecule has 0 radical (unpaired) electrons. The van der Waals surface area contributed by atoms with Crippen molar-refractivity contribution >= 4 is 11.6 Å². The van der Waals surface area contributed by atoms with E-state index in [9.17, 15) is 14.9 Å². The van der Waals surface area contributed by atoms with E-state index in [2.05, 4.69) is 0 Å². The molecule has 0 saturated carbocycles. The summed E-state index contributed by atoms with van der Waals surface area (Å²) in [7, 11) is 0. The molecule has 1 aromatic carbocycles. The number of hydrogen-bond donors (Lipinski definition) is 1. The van der Waals surface area contributed by atoms with Crippen LogP contribution in [-0.2, 0) is 0 Å². The van der Waals surface area contributed by atoms with Crippen molar-refractivity contribution in [3.05, 3.63) is 39.4 Å². The van der Waals surface area contributed by atoms with E-state index in [1.54, 1.807) is 24.0 Å². The summed E-state index contributed by atoms with van der Waals surface area (Å²) in [5.74, 6) is -0.157. The van der Waals surface area contributed by atoms with E-state index >= 15 is 0 Å². The van der Waals surface area contributed by atoms with Gasteiger partial charge in [-0.15, -0.1) is 0 Å². The zero-order valence-electron chi connectivity index (χ0n) is 10.8. The van der Waals surface area contributed by atoms with E-state index in [-0.39, 0.29) is 17.6 Å². The molecule has 0 atom stereocenters. The molecule has 1 amide bonds. The predicted molar refractivity (Wildman–Crippen MR) is 70.9 cm³/mol. The third kappa shape index (κ3) is 2.90. The lowest BCUT2D eigenvalue weighted by molar-refractivity contribution is -0.385. The molecule has 6 nitrogen and oxygen atoms in total. The van der Waals surface area contributed by atoms with Crippen molar-refractivity contribution in [1.82, 2.24) is 4.90 Å². The summed E-state index contributed by atoms with van der Waals surface area (Å²) >= 11 is 0. The first-order valence-electron chi connectivity index (χ1n) is 6.29. The van der Waals surface area contributed by atoms with Crippen LogP contribution in [0, 0.1) is 17.0 Å². The van der Waals surface area contributed by atoms with Crippen LogP contribution in [0.3, 0.4) is 0 Å². The molecule has 1 saturated heterocycles. The van der Waals surface area contributed by atoms with E-state index < -0.39 is 4.92 Å². The molecule has 0 spiro atoms. The molecule has 0 aromatic heterocycles. The van der Waals surface area contributed by atoms with Crippen molar-refractivity contribution in [3.63, 3.8) is 0 Å². The lowest BCUT2D eigenvalue weighted by Crippen LogP contribution is -2.42. The molecule has 0 bridgehead atoms. The Morgan fingerprint density at radius 1 is 1.42 bits per heavy atom. The monoisotopic (exact) mass is 263 g/mol. The van der Waals surface area contributed by atoms with Crippen molar-refractivity contribution in [1.29, 1.82) is 0 Å². The average Bonchev–Trinajstić information content (AvgIpc) is 2.39. The minimum absolute atomic E-state index is 0.0143. The number of amides is 1. The van der Waals surface area contributed by atoms with Crippen molar-refractivity contribution in [3.8, 4) is 0 Å². The Balaban J connectivity index is 2.20. The third-order valence-electron chi connectivity index (χ3n) is 3.48. The normalized spacial score (nSPS) is 16.4. The lowest BCUT2D eigenvalue weighted by atomic mass is 10.0. The highest BCUT2D eigenvalue weighted by atomic mass is 16.6. The Morgan fingerprint density at radius 3 is 2.63 bits per heavy atom. The van der Waals surface area contributed by atoms with Gasteiger partial charge in [-0.2, -0.15) is 0 Å². The number of rotatable bonds is 2. The third-order valence-corrected chi connectivity index (χ3v) is 3.48. The van der Waals surface area contributed by atoms with E-state index in [1.807, 2.05) is 0 Å². The van der Waals surface area contributed by atoms with E-state index in [0.717, 1.165) is 12.8 Å². The number of aryl methyl sites for hydroxylation is 1. The molecule has 0 unspecified atom stereocenters. The Kier molecular flexibility index (Phi) is 3.80. The van der Waals surface area contributed by atoms with Gasteiger partial charge in [-0.05, 0) is 25.8 Å². The Morgan fingerprint density at radius 2 is 2.05 bits per heavy atom. The summed E-state index contributed by atoms with van der Waals surface area (Å²) in [5, 5.41) is 10.9. The summed E-state index contributed by atoms with van der Waals surface area (Å²) in [6, 6.07) is 4.75. The molecular formula is C13H17N3O3. The molecule has 1 aliphatic rings. The maximum Gasteiger partial charge on any atom is 0.273 e. The van der Waals surface area contributed by atoms with Gasteiger partial charge >= 0.3 is 0 Å². The van der Waals surface area contributed by atoms with Gasteiger partial charge in [0.25, 0.3) is 11.6 Å². The second kappa shape index (κ2) is 5.36. The Hall–Kier alpha value is -1.95. The van der Waals surface area contributed by atoms with Crippen molar-refractivity contribution < 1.29 is 9.72 Å². The topological polar surface area (TPSA) is 89.5 Å². The number of piperidine rings is 1. The quantitative estimate of drug-likeness (QED) is 0.646. The van der Waals surface area contributed by atoms with Crippen molar-refractivity contribution in [2.24, 2.45) is 5.73 Å².